The zero-order valence-electron chi connectivity index (χ0n) is 15.3. The van der Waals surface area contributed by atoms with Gasteiger partial charge in [0.2, 0.25) is 5.91 Å². The number of amides is 3. The molecule has 1 N–H and O–H groups in total. The second-order valence-corrected chi connectivity index (χ2v) is 6.73. The number of nitrogens with zero attached hydrogens (tertiary/aromatic N) is 1. The van der Waals surface area contributed by atoms with Crippen LogP contribution in [0, 0.1) is 20.8 Å². The molecule has 0 bridgehead atoms. The van der Waals surface area contributed by atoms with Crippen molar-refractivity contribution in [3.8, 4) is 0 Å². The van der Waals surface area contributed by atoms with Crippen LogP contribution < -0.4 is 5.32 Å². The van der Waals surface area contributed by atoms with Crippen molar-refractivity contribution in [3.63, 3.8) is 0 Å². The van der Waals surface area contributed by atoms with Crippen molar-refractivity contribution in [1.29, 1.82) is 0 Å². The molecule has 0 atom stereocenters. The Morgan fingerprint density at radius 1 is 0.962 bits per heavy atom. The predicted octanol–water partition coefficient (Wildman–Crippen LogP) is 3.63. The van der Waals surface area contributed by atoms with E-state index in [4.69, 9.17) is 0 Å². The number of hydrogen-bond acceptors (Lipinski definition) is 3. The van der Waals surface area contributed by atoms with E-state index in [9.17, 15) is 14.4 Å². The molecule has 3 amide bonds. The van der Waals surface area contributed by atoms with Crippen LogP contribution in [-0.2, 0) is 4.79 Å². The van der Waals surface area contributed by atoms with Gasteiger partial charge in [-0.25, -0.2) is 0 Å². The monoisotopic (exact) mass is 350 g/mol. The number of nitrogens with one attached hydrogen (secondary N) is 1. The van der Waals surface area contributed by atoms with Crippen LogP contribution in [0.25, 0.3) is 0 Å². The number of fused-ring (bicyclic) bond motifs is 1. The van der Waals surface area contributed by atoms with Gasteiger partial charge in [-0.05, 0) is 50.5 Å². The summed E-state index contributed by atoms with van der Waals surface area (Å²) in [4.78, 5) is 38.1. The summed E-state index contributed by atoms with van der Waals surface area (Å²) in [5.41, 5.74) is 4.91. The molecule has 0 aliphatic carbocycles. The molecule has 5 nitrogen and oxygen atoms in total. The highest BCUT2D eigenvalue weighted by molar-refractivity contribution is 6.21. The van der Waals surface area contributed by atoms with Gasteiger partial charge in [0.15, 0.2) is 0 Å². The van der Waals surface area contributed by atoms with E-state index in [-0.39, 0.29) is 30.7 Å². The molecule has 2 aromatic rings. The van der Waals surface area contributed by atoms with Gasteiger partial charge in [-0.3, -0.25) is 19.3 Å². The van der Waals surface area contributed by atoms with E-state index in [0.29, 0.717) is 17.5 Å². The highest BCUT2D eigenvalue weighted by atomic mass is 16.2. The highest BCUT2D eigenvalue weighted by Crippen LogP contribution is 2.24. The van der Waals surface area contributed by atoms with Crippen molar-refractivity contribution in [1.82, 2.24) is 4.90 Å². The van der Waals surface area contributed by atoms with Gasteiger partial charge in [-0.2, -0.15) is 0 Å². The maximum Gasteiger partial charge on any atom is 0.261 e. The number of rotatable bonds is 5. The Bertz CT molecular complexity index is 844. The van der Waals surface area contributed by atoms with Crippen LogP contribution in [-0.4, -0.2) is 29.2 Å². The van der Waals surface area contributed by atoms with Crippen molar-refractivity contribution < 1.29 is 14.4 Å². The summed E-state index contributed by atoms with van der Waals surface area (Å²) in [6.07, 6.45) is 0.682. The molecule has 0 radical (unpaired) electrons. The Balaban J connectivity index is 1.57. The molecule has 1 heterocycles. The fourth-order valence-corrected chi connectivity index (χ4v) is 3.42. The van der Waals surface area contributed by atoms with Crippen LogP contribution in [0.4, 0.5) is 5.69 Å². The maximum absolute atomic E-state index is 12.3. The third-order valence-corrected chi connectivity index (χ3v) is 4.61. The first kappa shape index (κ1) is 17.9. The lowest BCUT2D eigenvalue weighted by Crippen LogP contribution is -2.31. The topological polar surface area (TPSA) is 66.5 Å². The number of benzene rings is 2. The summed E-state index contributed by atoms with van der Waals surface area (Å²) in [5, 5.41) is 2.94. The number of aryl methyl sites for hydroxylation is 3. The van der Waals surface area contributed by atoms with Crippen LogP contribution in [0.1, 0.15) is 50.2 Å². The second-order valence-electron chi connectivity index (χ2n) is 6.73. The van der Waals surface area contributed by atoms with Gasteiger partial charge in [0.25, 0.3) is 11.8 Å². The Labute approximate surface area is 153 Å². The summed E-state index contributed by atoms with van der Waals surface area (Å²) in [5.74, 6) is -0.677. The average molecular weight is 350 g/mol. The number of imide groups is 1. The van der Waals surface area contributed by atoms with Gasteiger partial charge in [0.1, 0.15) is 0 Å². The SMILES string of the molecule is Cc1cc(C)c(NC(=O)CCCN2C(=O)c3ccccc3C2=O)c(C)c1. The van der Waals surface area contributed by atoms with Gasteiger partial charge >= 0.3 is 0 Å². The number of anilines is 1. The van der Waals surface area contributed by atoms with Crippen molar-refractivity contribution in [2.24, 2.45) is 0 Å². The lowest BCUT2D eigenvalue weighted by Gasteiger charge is -2.15. The molecule has 1 aliphatic heterocycles. The maximum atomic E-state index is 12.3. The Hall–Kier alpha value is -2.95. The molecule has 0 saturated carbocycles. The van der Waals surface area contributed by atoms with Crippen molar-refractivity contribution in [2.75, 3.05) is 11.9 Å². The van der Waals surface area contributed by atoms with E-state index < -0.39 is 0 Å². The Kier molecular flexibility index (Phi) is 4.89. The van der Waals surface area contributed by atoms with Gasteiger partial charge in [0, 0.05) is 18.7 Å². The predicted molar refractivity (Wildman–Crippen MR) is 100 cm³/mol. The second kappa shape index (κ2) is 7.12. The zero-order valence-corrected chi connectivity index (χ0v) is 15.3. The van der Waals surface area contributed by atoms with Gasteiger partial charge < -0.3 is 5.32 Å². The average Bonchev–Trinajstić information content (AvgIpc) is 2.83. The molecule has 3 rings (SSSR count). The quantitative estimate of drug-likeness (QED) is 0.838. The van der Waals surface area contributed by atoms with Gasteiger partial charge in [-0.15, -0.1) is 0 Å². The number of hydrogen-bond donors (Lipinski definition) is 1. The first-order valence-corrected chi connectivity index (χ1v) is 8.71. The molecule has 0 fully saturated rings. The molecule has 5 heteroatoms. The smallest absolute Gasteiger partial charge is 0.261 e. The summed E-state index contributed by atoms with van der Waals surface area (Å²) in [7, 11) is 0. The molecule has 26 heavy (non-hydrogen) atoms. The van der Waals surface area contributed by atoms with Crippen molar-refractivity contribution in [2.45, 2.75) is 33.6 Å². The normalized spacial score (nSPS) is 13.1. The summed E-state index contributed by atoms with van der Waals surface area (Å²) in [6, 6.07) is 10.9. The zero-order chi connectivity index (χ0) is 18.8. The van der Waals surface area contributed by atoms with E-state index in [1.165, 1.54) is 4.90 Å². The highest BCUT2D eigenvalue weighted by Gasteiger charge is 2.34. The van der Waals surface area contributed by atoms with Gasteiger partial charge in [-0.1, -0.05) is 29.8 Å². The van der Waals surface area contributed by atoms with Crippen LogP contribution in [0.3, 0.4) is 0 Å². The fraction of sp³-hybridized carbons (Fsp3) is 0.286. The van der Waals surface area contributed by atoms with E-state index in [0.717, 1.165) is 22.4 Å². The van der Waals surface area contributed by atoms with Crippen LogP contribution in [0.15, 0.2) is 36.4 Å². The molecule has 1 aliphatic rings. The van der Waals surface area contributed by atoms with Crippen molar-refractivity contribution >= 4 is 23.4 Å². The Morgan fingerprint density at radius 3 is 2.04 bits per heavy atom. The number of carbonyl (C=O) groups is 3. The molecule has 0 unspecified atom stereocenters. The number of carbonyl (C=O) groups excluding carboxylic acids is 3. The molecule has 134 valence electrons. The summed E-state index contributed by atoms with van der Waals surface area (Å²) < 4.78 is 0. The molecule has 2 aromatic carbocycles. The third-order valence-electron chi connectivity index (χ3n) is 4.61. The lowest BCUT2D eigenvalue weighted by molar-refractivity contribution is -0.116. The largest absolute Gasteiger partial charge is 0.326 e. The van der Waals surface area contributed by atoms with Crippen molar-refractivity contribution in [3.05, 3.63) is 64.2 Å². The van der Waals surface area contributed by atoms with Gasteiger partial charge in [0.05, 0.1) is 11.1 Å². The minimum absolute atomic E-state index is 0.114. The molecule has 0 saturated heterocycles. The molecular formula is C21H22N2O3. The van der Waals surface area contributed by atoms with Crippen LogP contribution in [0.2, 0.25) is 0 Å². The van der Waals surface area contributed by atoms with E-state index in [1.807, 2.05) is 32.9 Å². The third kappa shape index (κ3) is 3.38. The van der Waals surface area contributed by atoms with E-state index in [2.05, 4.69) is 5.32 Å². The van der Waals surface area contributed by atoms with Crippen LogP contribution in [0.5, 0.6) is 0 Å². The van der Waals surface area contributed by atoms with Crippen LogP contribution >= 0.6 is 0 Å². The Morgan fingerprint density at radius 2 is 1.50 bits per heavy atom. The minimum Gasteiger partial charge on any atom is -0.326 e. The molecular weight excluding hydrogens is 328 g/mol. The summed E-state index contributed by atoms with van der Waals surface area (Å²) >= 11 is 0. The minimum atomic E-state index is -0.281. The molecule has 0 aromatic heterocycles. The first-order valence-electron chi connectivity index (χ1n) is 8.71. The summed E-state index contributed by atoms with van der Waals surface area (Å²) in [6.45, 7) is 6.20. The standard InChI is InChI=1S/C21H22N2O3/c1-13-11-14(2)19(15(3)12-13)22-18(24)9-6-10-23-20(25)16-7-4-5-8-17(16)21(23)26/h4-5,7-8,11-12H,6,9-10H2,1-3H3,(H,22,24). The fourth-order valence-electron chi connectivity index (χ4n) is 3.42. The lowest BCUT2D eigenvalue weighted by atomic mass is 10.0. The van der Waals surface area contributed by atoms with E-state index >= 15 is 0 Å². The van der Waals surface area contributed by atoms with E-state index in [1.54, 1.807) is 24.3 Å². The molecule has 0 spiro atoms. The first-order chi connectivity index (χ1) is 12.4.